The molecule has 0 aliphatic carbocycles. The van der Waals surface area contributed by atoms with E-state index in [-0.39, 0.29) is 11.3 Å². The Morgan fingerprint density at radius 2 is 1.97 bits per heavy atom. The minimum atomic E-state index is -0.531. The maximum absolute atomic E-state index is 12.8. The summed E-state index contributed by atoms with van der Waals surface area (Å²) in [6.07, 6.45) is 3.91. The summed E-state index contributed by atoms with van der Waals surface area (Å²) >= 11 is 1.43. The van der Waals surface area contributed by atoms with Crippen LogP contribution in [0.1, 0.15) is 10.4 Å². The number of amides is 1. The third-order valence-electron chi connectivity index (χ3n) is 5.43. The van der Waals surface area contributed by atoms with Crippen molar-refractivity contribution >= 4 is 39.9 Å². The number of nitrogens with one attached hydrogen (secondary N) is 1. The molecule has 0 spiro atoms. The van der Waals surface area contributed by atoms with E-state index in [2.05, 4.69) is 14.8 Å². The van der Waals surface area contributed by atoms with Crippen molar-refractivity contribution in [2.24, 2.45) is 0 Å². The first-order valence-corrected chi connectivity index (χ1v) is 11.3. The van der Waals surface area contributed by atoms with Crippen molar-refractivity contribution in [3.63, 3.8) is 0 Å². The van der Waals surface area contributed by atoms with Gasteiger partial charge in [0.05, 0.1) is 18.1 Å². The molecule has 1 N–H and O–H groups in total. The summed E-state index contributed by atoms with van der Waals surface area (Å²) in [5.74, 6) is -0.492. The Bertz CT molecular complexity index is 1110. The normalized spacial score (nSPS) is 14.6. The Balaban J connectivity index is 1.49. The van der Waals surface area contributed by atoms with Gasteiger partial charge in [-0.05, 0) is 42.7 Å². The van der Waals surface area contributed by atoms with E-state index in [1.165, 1.54) is 17.8 Å². The highest BCUT2D eigenvalue weighted by molar-refractivity contribution is 7.98. The molecular formula is C22H24N4O4S. The van der Waals surface area contributed by atoms with Gasteiger partial charge in [0.2, 0.25) is 0 Å². The van der Waals surface area contributed by atoms with E-state index in [4.69, 9.17) is 4.74 Å². The number of nitro benzene ring substituents is 1. The molecule has 0 atom stereocenters. The van der Waals surface area contributed by atoms with Crippen molar-refractivity contribution in [2.45, 2.75) is 11.4 Å². The lowest BCUT2D eigenvalue weighted by Gasteiger charge is -2.26. The fourth-order valence-corrected chi connectivity index (χ4v) is 4.17. The summed E-state index contributed by atoms with van der Waals surface area (Å²) in [6, 6.07) is 12.3. The van der Waals surface area contributed by atoms with Crippen LogP contribution in [0.5, 0.6) is 0 Å². The summed E-state index contributed by atoms with van der Waals surface area (Å²) in [4.78, 5) is 26.8. The van der Waals surface area contributed by atoms with Gasteiger partial charge in [-0.25, -0.2) is 0 Å². The van der Waals surface area contributed by atoms with Crippen LogP contribution in [0.2, 0.25) is 0 Å². The molecule has 1 saturated heterocycles. The largest absolute Gasteiger partial charge is 0.379 e. The Kier molecular flexibility index (Phi) is 6.55. The first kappa shape index (κ1) is 21.4. The highest BCUT2D eigenvalue weighted by Crippen LogP contribution is 2.27. The molecule has 2 aromatic carbocycles. The third-order valence-corrected chi connectivity index (χ3v) is 6.16. The van der Waals surface area contributed by atoms with Crippen LogP contribution in [0.4, 0.5) is 11.4 Å². The molecule has 1 aliphatic rings. The standard InChI is InChI=1S/C22H24N4O4S/c1-31-18-3-5-21(26(28)29)19(15-18)22(27)23-17-2-4-20-16(14-17)6-7-25(20)9-8-24-10-12-30-13-11-24/h2-7,14-15H,8-13H2,1H3,(H,23,27). The smallest absolute Gasteiger partial charge is 0.282 e. The van der Waals surface area contributed by atoms with E-state index in [9.17, 15) is 14.9 Å². The predicted octanol–water partition coefficient (Wildman–Crippen LogP) is 3.86. The van der Waals surface area contributed by atoms with Crippen LogP contribution in [-0.2, 0) is 11.3 Å². The van der Waals surface area contributed by atoms with Crippen molar-refractivity contribution in [3.05, 3.63) is 64.3 Å². The van der Waals surface area contributed by atoms with Crippen LogP contribution in [-0.4, -0.2) is 59.4 Å². The molecule has 1 aromatic heterocycles. The number of hydrogen-bond donors (Lipinski definition) is 1. The van der Waals surface area contributed by atoms with Gasteiger partial charge in [0, 0.05) is 59.9 Å². The highest BCUT2D eigenvalue weighted by atomic mass is 32.2. The summed E-state index contributed by atoms with van der Waals surface area (Å²) in [5, 5.41) is 15.1. The number of carbonyl (C=O) groups is 1. The number of carbonyl (C=O) groups excluding carboxylic acids is 1. The number of nitro groups is 1. The number of thioether (sulfide) groups is 1. The van der Waals surface area contributed by atoms with Gasteiger partial charge in [0.1, 0.15) is 5.56 Å². The number of anilines is 1. The molecule has 3 aromatic rings. The molecule has 0 unspecified atom stereocenters. The van der Waals surface area contributed by atoms with Gasteiger partial charge in [-0.2, -0.15) is 0 Å². The molecule has 31 heavy (non-hydrogen) atoms. The lowest BCUT2D eigenvalue weighted by molar-refractivity contribution is -0.385. The number of nitrogens with zero attached hydrogens (tertiary/aromatic N) is 3. The number of fused-ring (bicyclic) bond motifs is 1. The molecule has 162 valence electrons. The maximum atomic E-state index is 12.8. The van der Waals surface area contributed by atoms with Gasteiger partial charge >= 0.3 is 0 Å². The zero-order chi connectivity index (χ0) is 21.8. The summed E-state index contributed by atoms with van der Waals surface area (Å²) < 4.78 is 7.59. The molecule has 1 aliphatic heterocycles. The monoisotopic (exact) mass is 440 g/mol. The van der Waals surface area contributed by atoms with Crippen molar-refractivity contribution in [2.75, 3.05) is 44.4 Å². The Morgan fingerprint density at radius 1 is 1.16 bits per heavy atom. The van der Waals surface area contributed by atoms with Gasteiger partial charge in [-0.15, -0.1) is 11.8 Å². The number of morpholine rings is 1. The SMILES string of the molecule is CSc1ccc([N+](=O)[O-])c(C(=O)Nc2ccc3c(ccn3CCN3CCOCC3)c2)c1. The summed E-state index contributed by atoms with van der Waals surface area (Å²) in [7, 11) is 0. The fourth-order valence-electron chi connectivity index (χ4n) is 3.73. The summed E-state index contributed by atoms with van der Waals surface area (Å²) in [5.41, 5.74) is 1.54. The van der Waals surface area contributed by atoms with Crippen molar-refractivity contribution in [1.82, 2.24) is 9.47 Å². The van der Waals surface area contributed by atoms with Crippen molar-refractivity contribution < 1.29 is 14.5 Å². The van der Waals surface area contributed by atoms with E-state index in [1.807, 2.05) is 36.7 Å². The molecule has 0 bridgehead atoms. The zero-order valence-corrected chi connectivity index (χ0v) is 18.1. The Hall–Kier alpha value is -2.88. The predicted molar refractivity (Wildman–Crippen MR) is 122 cm³/mol. The van der Waals surface area contributed by atoms with Gasteiger partial charge in [0.15, 0.2) is 0 Å². The molecule has 1 amide bonds. The number of rotatable bonds is 7. The third kappa shape index (κ3) is 4.90. The lowest BCUT2D eigenvalue weighted by atomic mass is 10.1. The molecule has 8 nitrogen and oxygen atoms in total. The molecule has 9 heteroatoms. The van der Waals surface area contributed by atoms with E-state index in [0.717, 1.165) is 55.2 Å². The van der Waals surface area contributed by atoms with Crippen molar-refractivity contribution in [1.29, 1.82) is 0 Å². The van der Waals surface area contributed by atoms with E-state index in [0.29, 0.717) is 5.69 Å². The molecule has 0 radical (unpaired) electrons. The van der Waals surface area contributed by atoms with Crippen LogP contribution < -0.4 is 5.32 Å². The maximum Gasteiger partial charge on any atom is 0.282 e. The number of hydrogen-bond acceptors (Lipinski definition) is 6. The first-order valence-electron chi connectivity index (χ1n) is 10.1. The highest BCUT2D eigenvalue weighted by Gasteiger charge is 2.21. The average Bonchev–Trinajstić information content (AvgIpc) is 3.20. The minimum Gasteiger partial charge on any atom is -0.379 e. The fraction of sp³-hybridized carbons (Fsp3) is 0.318. The van der Waals surface area contributed by atoms with Crippen LogP contribution >= 0.6 is 11.8 Å². The van der Waals surface area contributed by atoms with Gasteiger partial charge in [0.25, 0.3) is 11.6 Å². The molecule has 4 rings (SSSR count). The van der Waals surface area contributed by atoms with Gasteiger partial charge in [-0.1, -0.05) is 0 Å². The molecule has 1 fully saturated rings. The summed E-state index contributed by atoms with van der Waals surface area (Å²) in [6.45, 7) is 5.32. The zero-order valence-electron chi connectivity index (χ0n) is 17.2. The first-order chi connectivity index (χ1) is 15.0. The Labute approximate surface area is 184 Å². The topological polar surface area (TPSA) is 89.6 Å². The van der Waals surface area contributed by atoms with E-state index in [1.54, 1.807) is 12.1 Å². The molecule has 2 heterocycles. The average molecular weight is 441 g/mol. The second-order valence-corrected chi connectivity index (χ2v) is 8.21. The second-order valence-electron chi connectivity index (χ2n) is 7.33. The van der Waals surface area contributed by atoms with Crippen LogP contribution in [0, 0.1) is 10.1 Å². The van der Waals surface area contributed by atoms with E-state index >= 15 is 0 Å². The van der Waals surface area contributed by atoms with Gasteiger partial charge < -0.3 is 14.6 Å². The van der Waals surface area contributed by atoms with E-state index < -0.39 is 10.8 Å². The lowest BCUT2D eigenvalue weighted by Crippen LogP contribution is -2.38. The quantitative estimate of drug-likeness (QED) is 0.341. The van der Waals surface area contributed by atoms with Crippen LogP contribution in [0.3, 0.4) is 0 Å². The van der Waals surface area contributed by atoms with Crippen LogP contribution in [0.15, 0.2) is 53.6 Å². The van der Waals surface area contributed by atoms with Gasteiger partial charge in [-0.3, -0.25) is 19.8 Å². The van der Waals surface area contributed by atoms with Crippen molar-refractivity contribution in [3.8, 4) is 0 Å². The number of aromatic nitrogens is 1. The Morgan fingerprint density at radius 3 is 2.71 bits per heavy atom. The molecular weight excluding hydrogens is 416 g/mol. The number of ether oxygens (including phenoxy) is 1. The second kappa shape index (κ2) is 9.51. The number of benzene rings is 2. The minimum absolute atomic E-state index is 0.0556. The van der Waals surface area contributed by atoms with Crippen LogP contribution in [0.25, 0.3) is 10.9 Å². The molecule has 0 saturated carbocycles.